The smallest absolute Gasteiger partial charge is 0.279 e. The van der Waals surface area contributed by atoms with Crippen LogP contribution in [0.2, 0.25) is 0 Å². The monoisotopic (exact) mass is 297 g/mol. The number of nitrogens with zero attached hydrogens (tertiary/aromatic N) is 2. The van der Waals surface area contributed by atoms with Gasteiger partial charge in [0.15, 0.2) is 0 Å². The van der Waals surface area contributed by atoms with Gasteiger partial charge in [0.25, 0.3) is 17.3 Å². The molecule has 0 saturated carbocycles. The minimum Gasteiger partial charge on any atom is -0.383 e. The van der Waals surface area contributed by atoms with Crippen molar-refractivity contribution in [3.05, 3.63) is 43.5 Å². The molecular formula is C12H15N3O6. The van der Waals surface area contributed by atoms with Gasteiger partial charge in [-0.15, -0.1) is 0 Å². The highest BCUT2D eigenvalue weighted by molar-refractivity contribution is 5.96. The summed E-state index contributed by atoms with van der Waals surface area (Å²) in [5, 5.41) is 24.4. The largest absolute Gasteiger partial charge is 0.383 e. The number of rotatable bonds is 6. The lowest BCUT2D eigenvalue weighted by atomic mass is 10.1. The van der Waals surface area contributed by atoms with Gasteiger partial charge in [-0.3, -0.25) is 25.0 Å². The standard InChI is InChI=1S/C12H15N3O6/c1-7(6-21-3)13-12(16)9-4-10(14(17)18)8(2)11(5-9)15(19)20/h4-5,7H,6H2,1-3H3,(H,13,16). The highest BCUT2D eigenvalue weighted by Crippen LogP contribution is 2.29. The molecule has 0 bridgehead atoms. The van der Waals surface area contributed by atoms with Crippen LogP contribution in [-0.4, -0.2) is 35.5 Å². The molecule has 1 atom stereocenters. The van der Waals surface area contributed by atoms with Gasteiger partial charge >= 0.3 is 0 Å². The van der Waals surface area contributed by atoms with Crippen LogP contribution in [0.25, 0.3) is 0 Å². The molecule has 0 radical (unpaired) electrons. The van der Waals surface area contributed by atoms with Crippen molar-refractivity contribution in [1.29, 1.82) is 0 Å². The maximum atomic E-state index is 12.0. The summed E-state index contributed by atoms with van der Waals surface area (Å²) in [6.45, 7) is 3.20. The minimum absolute atomic E-state index is 0.0912. The molecule has 9 nitrogen and oxygen atoms in total. The van der Waals surface area contributed by atoms with Crippen molar-refractivity contribution < 1.29 is 19.4 Å². The quantitative estimate of drug-likeness (QED) is 0.627. The summed E-state index contributed by atoms with van der Waals surface area (Å²) in [6, 6.07) is 1.72. The lowest BCUT2D eigenvalue weighted by Gasteiger charge is -2.12. The summed E-state index contributed by atoms with van der Waals surface area (Å²) in [6.07, 6.45) is 0. The fourth-order valence-electron chi connectivity index (χ4n) is 1.79. The first-order valence-electron chi connectivity index (χ1n) is 6.01. The molecule has 1 amide bonds. The number of methoxy groups -OCH3 is 1. The third-order valence-corrected chi connectivity index (χ3v) is 2.80. The predicted molar refractivity (Wildman–Crippen MR) is 73.3 cm³/mol. The lowest BCUT2D eigenvalue weighted by Crippen LogP contribution is -2.35. The Morgan fingerprint density at radius 3 is 2.14 bits per heavy atom. The number of benzene rings is 1. The zero-order valence-electron chi connectivity index (χ0n) is 11.8. The molecule has 114 valence electrons. The van der Waals surface area contributed by atoms with Gasteiger partial charge in [-0.05, 0) is 13.8 Å². The van der Waals surface area contributed by atoms with Crippen molar-refractivity contribution in [2.24, 2.45) is 0 Å². The molecule has 0 aliphatic carbocycles. The van der Waals surface area contributed by atoms with Gasteiger partial charge in [0.05, 0.1) is 22.0 Å². The molecule has 0 fully saturated rings. The maximum absolute atomic E-state index is 12.0. The molecule has 9 heteroatoms. The highest BCUT2D eigenvalue weighted by Gasteiger charge is 2.25. The Morgan fingerprint density at radius 2 is 1.76 bits per heavy atom. The first kappa shape index (κ1) is 16.5. The summed E-state index contributed by atoms with van der Waals surface area (Å²) in [5.41, 5.74) is -1.16. The van der Waals surface area contributed by atoms with Crippen LogP contribution in [0.1, 0.15) is 22.8 Å². The first-order chi connectivity index (χ1) is 9.77. The van der Waals surface area contributed by atoms with Gasteiger partial charge in [-0.2, -0.15) is 0 Å². The van der Waals surface area contributed by atoms with Gasteiger partial charge in [0.2, 0.25) is 0 Å². The van der Waals surface area contributed by atoms with Crippen molar-refractivity contribution in [1.82, 2.24) is 5.32 Å². The number of carbonyl (C=O) groups is 1. The summed E-state index contributed by atoms with van der Waals surface area (Å²) < 4.78 is 4.85. The van der Waals surface area contributed by atoms with E-state index in [4.69, 9.17) is 4.74 Å². The van der Waals surface area contributed by atoms with Crippen LogP contribution in [0.3, 0.4) is 0 Å². The van der Waals surface area contributed by atoms with Crippen molar-refractivity contribution >= 4 is 17.3 Å². The summed E-state index contributed by atoms with van der Waals surface area (Å²) in [5.74, 6) is -0.634. The van der Waals surface area contributed by atoms with Crippen molar-refractivity contribution in [2.45, 2.75) is 19.9 Å². The molecule has 0 aromatic heterocycles. The van der Waals surface area contributed by atoms with Crippen LogP contribution in [0, 0.1) is 27.2 Å². The Hall–Kier alpha value is -2.55. The molecule has 1 rings (SSSR count). The average molecular weight is 297 g/mol. The number of ether oxygens (including phenoxy) is 1. The van der Waals surface area contributed by atoms with Crippen LogP contribution in [-0.2, 0) is 4.74 Å². The van der Waals surface area contributed by atoms with E-state index in [-0.39, 0.29) is 23.8 Å². The highest BCUT2D eigenvalue weighted by atomic mass is 16.6. The Bertz CT molecular complexity index is 551. The molecule has 21 heavy (non-hydrogen) atoms. The number of amides is 1. The van der Waals surface area contributed by atoms with E-state index in [1.54, 1.807) is 6.92 Å². The first-order valence-corrected chi connectivity index (χ1v) is 6.01. The molecular weight excluding hydrogens is 282 g/mol. The van der Waals surface area contributed by atoms with Crippen LogP contribution >= 0.6 is 0 Å². The summed E-state index contributed by atoms with van der Waals surface area (Å²) in [4.78, 5) is 32.3. The van der Waals surface area contributed by atoms with Gasteiger partial charge in [0, 0.05) is 25.3 Å². The minimum atomic E-state index is -0.752. The van der Waals surface area contributed by atoms with E-state index in [2.05, 4.69) is 5.32 Å². The molecule has 0 aliphatic heterocycles. The van der Waals surface area contributed by atoms with E-state index in [0.717, 1.165) is 12.1 Å². The zero-order chi connectivity index (χ0) is 16.2. The van der Waals surface area contributed by atoms with Crippen molar-refractivity contribution in [2.75, 3.05) is 13.7 Å². The maximum Gasteiger partial charge on any atom is 0.279 e. The van der Waals surface area contributed by atoms with Crippen molar-refractivity contribution in [3.8, 4) is 0 Å². The fourth-order valence-corrected chi connectivity index (χ4v) is 1.79. The topological polar surface area (TPSA) is 125 Å². The van der Waals surface area contributed by atoms with Crippen molar-refractivity contribution in [3.63, 3.8) is 0 Å². The van der Waals surface area contributed by atoms with Gasteiger partial charge in [-0.1, -0.05) is 0 Å². The molecule has 1 N–H and O–H groups in total. The van der Waals surface area contributed by atoms with E-state index in [9.17, 15) is 25.0 Å². The molecule has 1 aromatic carbocycles. The van der Waals surface area contributed by atoms with E-state index in [0.29, 0.717) is 0 Å². The Morgan fingerprint density at radius 1 is 1.29 bits per heavy atom. The van der Waals surface area contributed by atoms with E-state index in [1.807, 2.05) is 0 Å². The van der Waals surface area contributed by atoms with Crippen LogP contribution < -0.4 is 5.32 Å². The molecule has 1 aromatic rings. The number of nitro groups is 2. The second-order valence-corrected chi connectivity index (χ2v) is 4.48. The molecule has 0 heterocycles. The van der Waals surface area contributed by atoms with E-state index < -0.39 is 27.1 Å². The number of carbonyl (C=O) groups excluding carboxylic acids is 1. The SMILES string of the molecule is COCC(C)NC(=O)c1cc([N+](=O)[O-])c(C)c([N+](=O)[O-])c1. The van der Waals surface area contributed by atoms with Gasteiger partial charge in [0.1, 0.15) is 5.56 Å². The van der Waals surface area contributed by atoms with Crippen LogP contribution in [0.15, 0.2) is 12.1 Å². The molecule has 1 unspecified atom stereocenters. The number of hydrogen-bond acceptors (Lipinski definition) is 6. The van der Waals surface area contributed by atoms with E-state index >= 15 is 0 Å². The second-order valence-electron chi connectivity index (χ2n) is 4.48. The molecule has 0 aliphatic rings. The third kappa shape index (κ3) is 3.96. The van der Waals surface area contributed by atoms with Crippen LogP contribution in [0.4, 0.5) is 11.4 Å². The summed E-state index contributed by atoms with van der Waals surface area (Å²) in [7, 11) is 1.46. The number of nitrogens with one attached hydrogen (secondary N) is 1. The predicted octanol–water partition coefficient (Wildman–Crippen LogP) is 1.58. The van der Waals surface area contributed by atoms with Crippen LogP contribution in [0.5, 0.6) is 0 Å². The summed E-state index contributed by atoms with van der Waals surface area (Å²) >= 11 is 0. The average Bonchev–Trinajstić information content (AvgIpc) is 2.38. The van der Waals surface area contributed by atoms with Gasteiger partial charge in [-0.25, -0.2) is 0 Å². The Balaban J connectivity index is 3.21. The second kappa shape index (κ2) is 6.75. The normalized spacial score (nSPS) is 11.8. The molecule has 0 saturated heterocycles. The Kier molecular flexibility index (Phi) is 5.30. The molecule has 0 spiro atoms. The van der Waals surface area contributed by atoms with Gasteiger partial charge < -0.3 is 10.1 Å². The zero-order valence-corrected chi connectivity index (χ0v) is 11.8. The van der Waals surface area contributed by atoms with E-state index in [1.165, 1.54) is 14.0 Å². The third-order valence-electron chi connectivity index (χ3n) is 2.80. The fraction of sp³-hybridized carbons (Fsp3) is 0.417. The Labute approximate surface area is 120 Å². The lowest BCUT2D eigenvalue weighted by molar-refractivity contribution is -0.395. The number of nitro benzene ring substituents is 2. The number of hydrogen-bond donors (Lipinski definition) is 1.